The van der Waals surface area contributed by atoms with Gasteiger partial charge in [0, 0.05) is 37.1 Å². The standard InChI is InChI=1S/C16H25N3O/c17-14-7-8-16(20)19(12-14)11-10-18-9-3-5-13-4-1-2-6-15(13)18/h7-8,12-13,15H,1-6,9-11,17H2. The van der Waals surface area contributed by atoms with E-state index in [0.717, 1.165) is 25.0 Å². The van der Waals surface area contributed by atoms with Gasteiger partial charge >= 0.3 is 0 Å². The first kappa shape index (κ1) is 13.7. The van der Waals surface area contributed by atoms with Crippen molar-refractivity contribution in [1.82, 2.24) is 9.47 Å². The number of nitrogens with zero attached hydrogens (tertiary/aromatic N) is 2. The fraction of sp³-hybridized carbons (Fsp3) is 0.688. The van der Waals surface area contributed by atoms with E-state index in [-0.39, 0.29) is 5.56 Å². The summed E-state index contributed by atoms with van der Waals surface area (Å²) in [5.41, 5.74) is 6.49. The minimum atomic E-state index is 0.0522. The van der Waals surface area contributed by atoms with Crippen LogP contribution in [-0.2, 0) is 6.54 Å². The van der Waals surface area contributed by atoms with Gasteiger partial charge in [-0.2, -0.15) is 0 Å². The van der Waals surface area contributed by atoms with Crippen molar-refractivity contribution in [3.8, 4) is 0 Å². The Hall–Kier alpha value is -1.29. The van der Waals surface area contributed by atoms with Crippen LogP contribution in [0.5, 0.6) is 0 Å². The molecule has 110 valence electrons. The number of rotatable bonds is 3. The molecule has 1 aliphatic carbocycles. The SMILES string of the molecule is Nc1ccc(=O)n(CCN2CCCC3CCCCC32)c1. The van der Waals surface area contributed by atoms with Crippen LogP contribution in [0.4, 0.5) is 5.69 Å². The van der Waals surface area contributed by atoms with Crippen molar-refractivity contribution in [2.24, 2.45) is 5.92 Å². The number of hydrogen-bond donors (Lipinski definition) is 1. The molecule has 1 aromatic rings. The highest BCUT2D eigenvalue weighted by atomic mass is 16.1. The van der Waals surface area contributed by atoms with Crippen LogP contribution < -0.4 is 11.3 Å². The molecule has 0 amide bonds. The number of nitrogens with two attached hydrogens (primary N) is 1. The molecule has 4 nitrogen and oxygen atoms in total. The molecule has 1 aromatic heterocycles. The van der Waals surface area contributed by atoms with Gasteiger partial charge in [-0.3, -0.25) is 9.69 Å². The fourth-order valence-electron chi connectivity index (χ4n) is 3.97. The van der Waals surface area contributed by atoms with Crippen LogP contribution in [-0.4, -0.2) is 28.6 Å². The maximum Gasteiger partial charge on any atom is 0.250 e. The first-order valence-electron chi connectivity index (χ1n) is 7.94. The summed E-state index contributed by atoms with van der Waals surface area (Å²) in [5.74, 6) is 0.898. The van der Waals surface area contributed by atoms with E-state index < -0.39 is 0 Å². The van der Waals surface area contributed by atoms with E-state index in [1.165, 1.54) is 45.1 Å². The van der Waals surface area contributed by atoms with Crippen LogP contribution in [0.15, 0.2) is 23.1 Å². The van der Waals surface area contributed by atoms with Crippen molar-refractivity contribution in [3.05, 3.63) is 28.7 Å². The molecule has 20 heavy (non-hydrogen) atoms. The lowest BCUT2D eigenvalue weighted by molar-refractivity contribution is 0.0580. The topological polar surface area (TPSA) is 51.3 Å². The highest BCUT2D eigenvalue weighted by Gasteiger charge is 2.32. The average molecular weight is 275 g/mol. The Labute approximate surface area is 120 Å². The number of piperidine rings is 1. The van der Waals surface area contributed by atoms with Gasteiger partial charge in [0.2, 0.25) is 0 Å². The van der Waals surface area contributed by atoms with Crippen LogP contribution >= 0.6 is 0 Å². The quantitative estimate of drug-likeness (QED) is 0.919. The highest BCUT2D eigenvalue weighted by Crippen LogP contribution is 2.34. The molecule has 3 rings (SSSR count). The molecule has 4 heteroatoms. The predicted octanol–water partition coefficient (Wildman–Crippen LogP) is 2.09. The van der Waals surface area contributed by atoms with Crippen molar-refractivity contribution in [2.45, 2.75) is 51.1 Å². The molecule has 0 radical (unpaired) electrons. The fourth-order valence-corrected chi connectivity index (χ4v) is 3.97. The molecule has 2 heterocycles. The summed E-state index contributed by atoms with van der Waals surface area (Å²) >= 11 is 0. The molecule has 2 aliphatic rings. The van der Waals surface area contributed by atoms with Gasteiger partial charge in [0.05, 0.1) is 0 Å². The maximum atomic E-state index is 11.8. The molecule has 2 unspecified atom stereocenters. The van der Waals surface area contributed by atoms with Crippen LogP contribution in [0.2, 0.25) is 0 Å². The van der Waals surface area contributed by atoms with Crippen LogP contribution in [0.25, 0.3) is 0 Å². The Morgan fingerprint density at radius 2 is 1.90 bits per heavy atom. The zero-order valence-corrected chi connectivity index (χ0v) is 12.1. The van der Waals surface area contributed by atoms with Crippen molar-refractivity contribution in [2.75, 3.05) is 18.8 Å². The summed E-state index contributed by atoms with van der Waals surface area (Å²) in [7, 11) is 0. The zero-order chi connectivity index (χ0) is 13.9. The van der Waals surface area contributed by atoms with Gasteiger partial charge in [-0.15, -0.1) is 0 Å². The van der Waals surface area contributed by atoms with Gasteiger partial charge in [-0.05, 0) is 44.2 Å². The average Bonchev–Trinajstić information content (AvgIpc) is 2.48. The van der Waals surface area contributed by atoms with Crippen LogP contribution in [0.1, 0.15) is 38.5 Å². The number of anilines is 1. The molecule has 1 saturated heterocycles. The van der Waals surface area contributed by atoms with Gasteiger partial charge in [0.25, 0.3) is 5.56 Å². The summed E-state index contributed by atoms with van der Waals surface area (Å²) in [4.78, 5) is 14.4. The highest BCUT2D eigenvalue weighted by molar-refractivity contribution is 5.33. The minimum absolute atomic E-state index is 0.0522. The largest absolute Gasteiger partial charge is 0.398 e. The lowest BCUT2D eigenvalue weighted by Gasteiger charge is -2.44. The maximum absolute atomic E-state index is 11.8. The van der Waals surface area contributed by atoms with Crippen LogP contribution in [0, 0.1) is 5.92 Å². The van der Waals surface area contributed by atoms with Crippen molar-refractivity contribution >= 4 is 5.69 Å². The second-order valence-corrected chi connectivity index (χ2v) is 6.28. The van der Waals surface area contributed by atoms with Gasteiger partial charge in [-0.1, -0.05) is 12.8 Å². The number of aromatic nitrogens is 1. The van der Waals surface area contributed by atoms with E-state index in [9.17, 15) is 4.79 Å². The number of likely N-dealkylation sites (tertiary alicyclic amines) is 1. The van der Waals surface area contributed by atoms with Crippen LogP contribution in [0.3, 0.4) is 0 Å². The van der Waals surface area contributed by atoms with E-state index >= 15 is 0 Å². The molecule has 2 fully saturated rings. The Morgan fingerprint density at radius 1 is 1.10 bits per heavy atom. The first-order valence-corrected chi connectivity index (χ1v) is 7.94. The predicted molar refractivity (Wildman–Crippen MR) is 81.7 cm³/mol. The van der Waals surface area contributed by atoms with Crippen molar-refractivity contribution in [3.63, 3.8) is 0 Å². The Bertz CT molecular complexity index is 509. The van der Waals surface area contributed by atoms with Crippen molar-refractivity contribution in [1.29, 1.82) is 0 Å². The Kier molecular flexibility index (Phi) is 4.10. The minimum Gasteiger partial charge on any atom is -0.398 e. The number of nitrogen functional groups attached to an aromatic ring is 1. The summed E-state index contributed by atoms with van der Waals surface area (Å²) in [6.45, 7) is 2.93. The third-order valence-corrected chi connectivity index (χ3v) is 4.99. The second-order valence-electron chi connectivity index (χ2n) is 6.28. The lowest BCUT2D eigenvalue weighted by atomic mass is 9.78. The van der Waals surface area contributed by atoms with Gasteiger partial charge in [0.15, 0.2) is 0 Å². The molecular weight excluding hydrogens is 250 g/mol. The number of hydrogen-bond acceptors (Lipinski definition) is 3. The van der Waals surface area contributed by atoms with E-state index in [1.54, 1.807) is 22.9 Å². The number of fused-ring (bicyclic) bond motifs is 1. The van der Waals surface area contributed by atoms with E-state index in [0.29, 0.717) is 5.69 Å². The molecule has 0 aromatic carbocycles. The summed E-state index contributed by atoms with van der Waals surface area (Å²) in [6, 6.07) is 4.00. The lowest BCUT2D eigenvalue weighted by Crippen LogP contribution is -2.48. The third-order valence-electron chi connectivity index (χ3n) is 4.99. The second kappa shape index (κ2) is 6.00. The molecular formula is C16H25N3O. The Balaban J connectivity index is 1.65. The van der Waals surface area contributed by atoms with E-state index in [2.05, 4.69) is 4.90 Å². The smallest absolute Gasteiger partial charge is 0.250 e. The van der Waals surface area contributed by atoms with Gasteiger partial charge < -0.3 is 10.3 Å². The Morgan fingerprint density at radius 3 is 2.80 bits per heavy atom. The third kappa shape index (κ3) is 2.90. The zero-order valence-electron chi connectivity index (χ0n) is 12.1. The first-order chi connectivity index (χ1) is 9.74. The molecule has 0 spiro atoms. The number of pyridine rings is 1. The van der Waals surface area contributed by atoms with Gasteiger partial charge in [0.1, 0.15) is 0 Å². The van der Waals surface area contributed by atoms with Crippen molar-refractivity contribution < 1.29 is 0 Å². The molecule has 1 aliphatic heterocycles. The van der Waals surface area contributed by atoms with Gasteiger partial charge in [-0.25, -0.2) is 0 Å². The monoisotopic (exact) mass is 275 g/mol. The molecule has 0 bridgehead atoms. The summed E-state index contributed by atoms with van der Waals surface area (Å²) < 4.78 is 1.75. The normalized spacial score (nSPS) is 27.2. The summed E-state index contributed by atoms with van der Waals surface area (Å²) in [6.07, 6.45) is 10.0. The van der Waals surface area contributed by atoms with E-state index in [4.69, 9.17) is 5.73 Å². The molecule has 1 saturated carbocycles. The molecule has 2 N–H and O–H groups in total. The molecule has 2 atom stereocenters. The summed E-state index contributed by atoms with van der Waals surface area (Å²) in [5, 5.41) is 0. The van der Waals surface area contributed by atoms with E-state index in [1.807, 2.05) is 0 Å².